The van der Waals surface area contributed by atoms with Crippen LogP contribution < -0.4 is 0 Å². The quantitative estimate of drug-likeness (QED) is 0.140. The van der Waals surface area contributed by atoms with Gasteiger partial charge in [0.05, 0.1) is 0 Å². The summed E-state index contributed by atoms with van der Waals surface area (Å²) < 4.78 is 0. The van der Waals surface area contributed by atoms with E-state index in [1.54, 1.807) is 0 Å². The molecule has 14 rings (SSSR count). The molecule has 6 aromatic rings. The Bertz CT molecular complexity index is 3590. The van der Waals surface area contributed by atoms with Crippen molar-refractivity contribution in [1.29, 1.82) is 0 Å². The van der Waals surface area contributed by atoms with Gasteiger partial charge in [-0.15, -0.1) is 77.1 Å². The van der Waals surface area contributed by atoms with Gasteiger partial charge in [0.1, 0.15) is 0 Å². The third kappa shape index (κ3) is 6.61. The summed E-state index contributed by atoms with van der Waals surface area (Å²) in [5.41, 5.74) is 9.77. The number of benzene rings is 6. The highest BCUT2D eigenvalue weighted by atomic mass is 14.8. The first-order chi connectivity index (χ1) is 38.8. The second-order valence-corrected chi connectivity index (χ2v) is 24.5. The van der Waals surface area contributed by atoms with E-state index >= 15 is 0 Å². The van der Waals surface area contributed by atoms with Gasteiger partial charge in [0.15, 0.2) is 0 Å². The van der Waals surface area contributed by atoms with Crippen LogP contribution in [0.2, 0.25) is 0 Å². The monoisotopic (exact) mass is 1010 g/mol. The molecule has 0 radical (unpaired) electrons. The van der Waals surface area contributed by atoms with Crippen LogP contribution in [0.5, 0.6) is 0 Å². The summed E-state index contributed by atoms with van der Waals surface area (Å²) in [5.74, 6) is 36.9. The Balaban J connectivity index is 1.29. The van der Waals surface area contributed by atoms with Crippen LogP contribution in [0, 0.1) is 159 Å². The van der Waals surface area contributed by atoms with E-state index in [0.29, 0.717) is 33.4 Å². The van der Waals surface area contributed by atoms with Gasteiger partial charge < -0.3 is 0 Å². The number of hydrogen-bond donors (Lipinski definition) is 0. The topological polar surface area (TPSA) is 0 Å². The minimum Gasteiger partial charge on any atom is -0.115 e. The zero-order chi connectivity index (χ0) is 56.1. The van der Waals surface area contributed by atoms with Crippen LogP contribution in [0.1, 0.15) is 177 Å². The van der Waals surface area contributed by atoms with Gasteiger partial charge >= 0.3 is 0 Å². The molecule has 6 aromatic carbocycles. The van der Waals surface area contributed by atoms with E-state index < -0.39 is 43.3 Å². The van der Waals surface area contributed by atoms with E-state index in [1.807, 2.05) is 36.4 Å². The molecular formula is C80H54. The molecule has 374 valence electrons. The Morgan fingerprint density at radius 1 is 0.200 bits per heavy atom. The van der Waals surface area contributed by atoms with Gasteiger partial charge in [-0.25, -0.2) is 0 Å². The first kappa shape index (κ1) is 50.8. The zero-order valence-corrected chi connectivity index (χ0v) is 44.8. The van der Waals surface area contributed by atoms with Crippen LogP contribution in [0.4, 0.5) is 0 Å². The smallest absolute Gasteiger partial charge is 0.0436 e. The summed E-state index contributed by atoms with van der Waals surface area (Å²) in [5, 5.41) is 0. The molecule has 0 N–H and O–H groups in total. The summed E-state index contributed by atoms with van der Waals surface area (Å²) in [6.45, 7) is 0. The van der Waals surface area contributed by atoms with Crippen molar-refractivity contribution in [3.05, 3.63) is 209 Å². The molecule has 0 aliphatic heterocycles. The Morgan fingerprint density at radius 3 is 0.475 bits per heavy atom. The fraction of sp³-hybridized carbons (Fsp3) is 0.250. The number of terminal acetylenes is 12. The van der Waals surface area contributed by atoms with Crippen molar-refractivity contribution >= 4 is 0 Å². The number of rotatable bonds is 7. The van der Waals surface area contributed by atoms with Crippen LogP contribution in [-0.2, 0) is 32.5 Å². The highest BCUT2D eigenvalue weighted by Gasteiger charge is 2.80. The maximum absolute atomic E-state index is 6.75. The molecule has 80 heavy (non-hydrogen) atoms. The first-order valence-electron chi connectivity index (χ1n) is 27.2. The predicted molar refractivity (Wildman–Crippen MR) is 324 cm³/mol. The van der Waals surface area contributed by atoms with Crippen molar-refractivity contribution in [2.45, 2.75) is 110 Å². The Hall–Kier alpha value is -9.96. The third-order valence-electron chi connectivity index (χ3n) is 20.9. The maximum Gasteiger partial charge on any atom is 0.0436 e. The molecule has 0 saturated heterocycles. The lowest BCUT2D eigenvalue weighted by atomic mass is 9.22. The van der Waals surface area contributed by atoms with E-state index in [2.05, 4.69) is 144 Å². The summed E-state index contributed by atoms with van der Waals surface area (Å²) in [6.07, 6.45) is 87.9. The molecule has 0 spiro atoms. The highest BCUT2D eigenvalue weighted by molar-refractivity contribution is 5.67. The second kappa shape index (κ2) is 17.8. The maximum atomic E-state index is 6.75. The molecule has 0 nitrogen and oxygen atoms in total. The lowest BCUT2D eigenvalue weighted by Gasteiger charge is -2.81. The molecule has 8 fully saturated rings. The molecule has 8 aliphatic rings. The van der Waals surface area contributed by atoms with Gasteiger partial charge in [0.25, 0.3) is 0 Å². The fourth-order valence-corrected chi connectivity index (χ4v) is 19.7. The lowest BCUT2D eigenvalue weighted by molar-refractivity contribution is -0.237. The van der Waals surface area contributed by atoms with Crippen molar-refractivity contribution in [3.8, 4) is 148 Å². The highest BCUT2D eigenvalue weighted by Crippen LogP contribution is 2.86. The minimum atomic E-state index is -0.621. The predicted octanol–water partition coefficient (Wildman–Crippen LogP) is 13.1. The van der Waals surface area contributed by atoms with Crippen LogP contribution in [-0.4, -0.2) is 0 Å². The van der Waals surface area contributed by atoms with Crippen molar-refractivity contribution in [2.75, 3.05) is 0 Å². The normalized spacial score (nSPS) is 29.4. The average Bonchev–Trinajstić information content (AvgIpc) is 2.11. The van der Waals surface area contributed by atoms with E-state index in [4.69, 9.17) is 77.1 Å². The van der Waals surface area contributed by atoms with Crippen LogP contribution >= 0.6 is 0 Å². The van der Waals surface area contributed by atoms with E-state index in [1.165, 1.54) is 0 Å². The van der Waals surface area contributed by atoms with Gasteiger partial charge in [-0.3, -0.25) is 0 Å². The molecule has 0 atom stereocenters. The molecule has 8 aliphatic carbocycles. The summed E-state index contributed by atoms with van der Waals surface area (Å²) in [6, 6.07) is 37.4. The second-order valence-electron chi connectivity index (χ2n) is 24.5. The van der Waals surface area contributed by atoms with Crippen molar-refractivity contribution in [1.82, 2.24) is 0 Å². The van der Waals surface area contributed by atoms with Crippen molar-refractivity contribution in [3.63, 3.8) is 0 Å². The molecular weight excluding hydrogens is 961 g/mol. The summed E-state index contributed by atoms with van der Waals surface area (Å²) >= 11 is 0. The van der Waals surface area contributed by atoms with E-state index in [9.17, 15) is 0 Å². The van der Waals surface area contributed by atoms with Gasteiger partial charge in [-0.2, -0.15) is 0 Å². The summed E-state index contributed by atoms with van der Waals surface area (Å²) in [7, 11) is 0. The fourth-order valence-electron chi connectivity index (χ4n) is 19.7. The molecule has 0 unspecified atom stereocenters. The van der Waals surface area contributed by atoms with Crippen LogP contribution in [0.25, 0.3) is 0 Å². The van der Waals surface area contributed by atoms with Gasteiger partial charge in [0.2, 0.25) is 0 Å². The lowest BCUT2D eigenvalue weighted by Crippen LogP contribution is -2.75. The first-order valence-corrected chi connectivity index (χ1v) is 27.2. The summed E-state index contributed by atoms with van der Waals surface area (Å²) in [4.78, 5) is 0. The third-order valence-corrected chi connectivity index (χ3v) is 20.9. The minimum absolute atomic E-state index is 0.557. The average molecular weight is 1020 g/mol. The van der Waals surface area contributed by atoms with E-state index in [-0.39, 0.29) is 0 Å². The molecule has 8 saturated carbocycles. The number of hydrogen-bond acceptors (Lipinski definition) is 0. The Kier molecular flexibility index (Phi) is 11.3. The van der Waals surface area contributed by atoms with Crippen molar-refractivity contribution < 1.29 is 0 Å². The molecule has 0 heterocycles. The Morgan fingerprint density at radius 2 is 0.350 bits per heavy atom. The van der Waals surface area contributed by atoms with Gasteiger partial charge in [0, 0.05) is 66.8 Å². The molecule has 0 heteroatoms. The largest absolute Gasteiger partial charge is 0.115 e. The van der Waals surface area contributed by atoms with Crippen LogP contribution in [0.15, 0.2) is 109 Å². The molecule has 8 bridgehead atoms. The van der Waals surface area contributed by atoms with Crippen molar-refractivity contribution in [2.24, 2.45) is 10.8 Å². The SMILES string of the molecule is C#Cc1cccc(C23CC4(c5cccc(C#C)c5C#C)CC(c5cccc(C#C)c5C#C)(C2)CC(C25CC6(c7cccc(C#C)c7C#C)CC(c7cccc(C#C)c7C#C)(CC(c7cccc(C#C)c7C#C)(C6)C2)C5)(C3)C4)c1C#C. The molecule has 0 aromatic heterocycles. The zero-order valence-electron chi connectivity index (χ0n) is 44.8. The van der Waals surface area contributed by atoms with Crippen LogP contribution in [0.3, 0.4) is 0 Å². The molecule has 0 amide bonds. The Labute approximate surface area is 475 Å². The van der Waals surface area contributed by atoms with Gasteiger partial charge in [-0.1, -0.05) is 144 Å². The standard InChI is InChI=1S/C80H54/c1-13-55-31-25-37-67(61(55)19-7)73-43-74(68-38-26-32-56(14-2)62(68)20-8)45-75(44-73,69-39-27-33-57(15-3)63(69)21-9)51-79(49-73,50-74)80-52-76(70-40-28-34-58(16-4)64(70)22-10)46-77(53-80,71-41-29-35-59(17-5)65(71)23-11)48-78(47-76,54-80)72-42-30-36-60(18-6)66(72)24-12/h1-12,25-42H,43-54H2. The van der Waals surface area contributed by atoms with Gasteiger partial charge in [-0.05, 0) is 190 Å². The van der Waals surface area contributed by atoms with E-state index in [0.717, 1.165) is 144 Å².